The molecule has 1 aromatic rings. The van der Waals surface area contributed by atoms with E-state index in [0.717, 1.165) is 33.8 Å². The van der Waals surface area contributed by atoms with Crippen molar-refractivity contribution in [1.82, 2.24) is 5.32 Å². The number of methoxy groups -OCH3 is 1. The minimum absolute atomic E-state index is 0.301. The summed E-state index contributed by atoms with van der Waals surface area (Å²) in [5, 5.41) is 4.42. The van der Waals surface area contributed by atoms with Gasteiger partial charge in [-0.05, 0) is 58.8 Å². The van der Waals surface area contributed by atoms with E-state index in [1.54, 1.807) is 7.11 Å². The van der Waals surface area contributed by atoms with Gasteiger partial charge in [0, 0.05) is 16.6 Å². The Hall–Kier alpha value is -0.250. The van der Waals surface area contributed by atoms with Crippen LogP contribution in [0.4, 0.5) is 0 Å². The van der Waals surface area contributed by atoms with Crippen LogP contribution in [0.1, 0.15) is 45.2 Å². The molecule has 0 saturated heterocycles. The molecular formula is C16H23BrClNO. The maximum absolute atomic E-state index is 6.24. The number of halogens is 2. The zero-order valence-corrected chi connectivity index (χ0v) is 14.9. The fourth-order valence-corrected chi connectivity index (χ4v) is 3.87. The van der Waals surface area contributed by atoms with Gasteiger partial charge in [0.25, 0.3) is 0 Å². The fraction of sp³-hybridized carbons (Fsp3) is 0.625. The monoisotopic (exact) mass is 359 g/mol. The maximum atomic E-state index is 6.24. The van der Waals surface area contributed by atoms with Gasteiger partial charge in [-0.1, -0.05) is 32.4 Å². The van der Waals surface area contributed by atoms with Crippen LogP contribution in [0, 0.1) is 11.3 Å². The van der Waals surface area contributed by atoms with Gasteiger partial charge < -0.3 is 10.1 Å². The molecule has 1 N–H and O–H groups in total. The predicted molar refractivity (Wildman–Crippen MR) is 88.6 cm³/mol. The van der Waals surface area contributed by atoms with Crippen LogP contribution < -0.4 is 10.1 Å². The molecule has 1 aromatic carbocycles. The normalized spacial score (nSPS) is 21.6. The average molecular weight is 361 g/mol. The van der Waals surface area contributed by atoms with Crippen molar-refractivity contribution in [3.05, 3.63) is 27.2 Å². The molecule has 0 amide bonds. The molecule has 20 heavy (non-hydrogen) atoms. The van der Waals surface area contributed by atoms with E-state index >= 15 is 0 Å². The zero-order chi connectivity index (χ0) is 14.9. The van der Waals surface area contributed by atoms with E-state index in [4.69, 9.17) is 16.3 Å². The van der Waals surface area contributed by atoms with E-state index in [0.29, 0.717) is 17.4 Å². The van der Waals surface area contributed by atoms with E-state index in [9.17, 15) is 0 Å². The quantitative estimate of drug-likeness (QED) is 0.753. The number of benzene rings is 1. The number of rotatable bonds is 6. The Kier molecular flexibility index (Phi) is 5.04. The zero-order valence-electron chi connectivity index (χ0n) is 12.6. The molecule has 112 valence electrons. The highest BCUT2D eigenvalue weighted by Gasteiger charge is 2.51. The third-order valence-corrected chi connectivity index (χ3v) is 4.99. The van der Waals surface area contributed by atoms with Crippen molar-refractivity contribution in [2.24, 2.45) is 11.3 Å². The van der Waals surface area contributed by atoms with Crippen molar-refractivity contribution in [1.29, 1.82) is 0 Å². The molecule has 1 saturated carbocycles. The molecule has 0 radical (unpaired) electrons. The van der Waals surface area contributed by atoms with Crippen LogP contribution in [0.15, 0.2) is 16.6 Å². The molecule has 2 unspecified atom stereocenters. The Morgan fingerprint density at radius 2 is 2.15 bits per heavy atom. The number of nitrogens with one attached hydrogen (secondary N) is 1. The summed E-state index contributed by atoms with van der Waals surface area (Å²) >= 11 is 9.80. The second-order valence-electron chi connectivity index (χ2n) is 6.24. The van der Waals surface area contributed by atoms with Gasteiger partial charge in [-0.2, -0.15) is 0 Å². The SMILES string of the molecule is CCCNC(c1cc(Cl)cc(Br)c1OC)C1CC1(C)C. The molecule has 0 spiro atoms. The first-order chi connectivity index (χ1) is 9.40. The van der Waals surface area contributed by atoms with Crippen LogP contribution in [-0.4, -0.2) is 13.7 Å². The lowest BCUT2D eigenvalue weighted by molar-refractivity contribution is 0.373. The lowest BCUT2D eigenvalue weighted by Gasteiger charge is -2.24. The number of ether oxygens (including phenoxy) is 1. The number of hydrogen-bond donors (Lipinski definition) is 1. The van der Waals surface area contributed by atoms with Crippen LogP contribution in [0.2, 0.25) is 5.02 Å². The minimum Gasteiger partial charge on any atom is -0.495 e. The standard InChI is InChI=1S/C16H23BrClNO/c1-5-6-19-14(12-9-16(12,2)3)11-7-10(18)8-13(17)15(11)20-4/h7-8,12,14,19H,5-6,9H2,1-4H3. The second-order valence-corrected chi connectivity index (χ2v) is 7.53. The molecule has 1 aliphatic rings. The van der Waals surface area contributed by atoms with E-state index in [2.05, 4.69) is 42.0 Å². The van der Waals surface area contributed by atoms with Gasteiger partial charge in [-0.15, -0.1) is 0 Å². The Balaban J connectivity index is 2.38. The van der Waals surface area contributed by atoms with Gasteiger partial charge >= 0.3 is 0 Å². The largest absolute Gasteiger partial charge is 0.495 e. The van der Waals surface area contributed by atoms with E-state index in [1.807, 2.05) is 12.1 Å². The molecule has 2 atom stereocenters. The Morgan fingerprint density at radius 3 is 2.65 bits per heavy atom. The van der Waals surface area contributed by atoms with Crippen molar-refractivity contribution in [3.63, 3.8) is 0 Å². The first-order valence-corrected chi connectivity index (χ1v) is 8.34. The van der Waals surface area contributed by atoms with Gasteiger partial charge in [0.15, 0.2) is 0 Å². The lowest BCUT2D eigenvalue weighted by Crippen LogP contribution is -2.26. The van der Waals surface area contributed by atoms with E-state index < -0.39 is 0 Å². The molecular weight excluding hydrogens is 338 g/mol. The topological polar surface area (TPSA) is 21.3 Å². The fourth-order valence-electron chi connectivity index (χ4n) is 2.87. The molecule has 1 aliphatic carbocycles. The minimum atomic E-state index is 0.301. The van der Waals surface area contributed by atoms with Crippen molar-refractivity contribution >= 4 is 27.5 Å². The smallest absolute Gasteiger partial charge is 0.137 e. The van der Waals surface area contributed by atoms with Crippen molar-refractivity contribution in [2.75, 3.05) is 13.7 Å². The van der Waals surface area contributed by atoms with Crippen LogP contribution in [0.25, 0.3) is 0 Å². The highest BCUT2D eigenvalue weighted by molar-refractivity contribution is 9.10. The van der Waals surface area contributed by atoms with E-state index in [-0.39, 0.29) is 0 Å². The summed E-state index contributed by atoms with van der Waals surface area (Å²) in [7, 11) is 1.71. The highest BCUT2D eigenvalue weighted by Crippen LogP contribution is 2.59. The van der Waals surface area contributed by atoms with Gasteiger partial charge in [-0.25, -0.2) is 0 Å². The molecule has 0 aliphatic heterocycles. The highest BCUT2D eigenvalue weighted by atomic mass is 79.9. The van der Waals surface area contributed by atoms with Gasteiger partial charge in [0.1, 0.15) is 5.75 Å². The average Bonchev–Trinajstić information content (AvgIpc) is 2.98. The van der Waals surface area contributed by atoms with E-state index in [1.165, 1.54) is 6.42 Å². The molecule has 0 aromatic heterocycles. The molecule has 4 heteroatoms. The molecule has 2 nitrogen and oxygen atoms in total. The Bertz CT molecular complexity index is 490. The summed E-state index contributed by atoms with van der Waals surface area (Å²) in [5.74, 6) is 1.53. The number of hydrogen-bond acceptors (Lipinski definition) is 2. The van der Waals surface area contributed by atoms with Gasteiger partial charge in [-0.3, -0.25) is 0 Å². The maximum Gasteiger partial charge on any atom is 0.137 e. The lowest BCUT2D eigenvalue weighted by atomic mass is 9.96. The summed E-state index contributed by atoms with van der Waals surface area (Å²) in [6.07, 6.45) is 2.36. The third kappa shape index (κ3) is 3.32. The molecule has 1 fully saturated rings. The first kappa shape index (κ1) is 16.1. The second kappa shape index (κ2) is 6.25. The Morgan fingerprint density at radius 1 is 1.50 bits per heavy atom. The van der Waals surface area contributed by atoms with Crippen molar-refractivity contribution in [2.45, 2.75) is 39.7 Å². The third-order valence-electron chi connectivity index (χ3n) is 4.18. The van der Waals surface area contributed by atoms with Crippen LogP contribution in [-0.2, 0) is 0 Å². The molecule has 2 rings (SSSR count). The van der Waals surface area contributed by atoms with Crippen LogP contribution >= 0.6 is 27.5 Å². The van der Waals surface area contributed by atoms with Gasteiger partial charge in [0.2, 0.25) is 0 Å². The van der Waals surface area contributed by atoms with Crippen molar-refractivity contribution < 1.29 is 4.74 Å². The van der Waals surface area contributed by atoms with Gasteiger partial charge in [0.05, 0.1) is 11.6 Å². The van der Waals surface area contributed by atoms with Crippen LogP contribution in [0.5, 0.6) is 5.75 Å². The molecule has 0 bridgehead atoms. The first-order valence-electron chi connectivity index (χ1n) is 7.17. The predicted octanol–water partition coefficient (Wildman–Crippen LogP) is 5.20. The summed E-state index contributed by atoms with van der Waals surface area (Å²) in [4.78, 5) is 0. The van der Waals surface area contributed by atoms with Crippen molar-refractivity contribution in [3.8, 4) is 5.75 Å². The summed E-state index contributed by atoms with van der Waals surface area (Å²) in [6, 6.07) is 4.22. The summed E-state index contributed by atoms with van der Waals surface area (Å²) in [5.41, 5.74) is 1.56. The summed E-state index contributed by atoms with van der Waals surface area (Å²) in [6.45, 7) is 7.84. The Labute approximate surface area is 135 Å². The molecule has 0 heterocycles. The van der Waals surface area contributed by atoms with Crippen LogP contribution in [0.3, 0.4) is 0 Å². The summed E-state index contributed by atoms with van der Waals surface area (Å²) < 4.78 is 6.51.